The van der Waals surface area contributed by atoms with Gasteiger partial charge in [0.15, 0.2) is 0 Å². The third-order valence-electron chi connectivity index (χ3n) is 6.75. The number of carbonyl (C=O) groups is 3. The molecule has 8 heteroatoms. The van der Waals surface area contributed by atoms with Crippen molar-refractivity contribution in [3.63, 3.8) is 0 Å². The summed E-state index contributed by atoms with van der Waals surface area (Å²) in [5.74, 6) is -1.84. The van der Waals surface area contributed by atoms with Gasteiger partial charge in [-0.2, -0.15) is 0 Å². The van der Waals surface area contributed by atoms with Crippen LogP contribution in [0.2, 0.25) is 0 Å². The van der Waals surface area contributed by atoms with Crippen molar-refractivity contribution in [2.45, 2.75) is 12.3 Å². The number of aliphatic carboxylic acids is 1. The summed E-state index contributed by atoms with van der Waals surface area (Å²) in [6.07, 6.45) is 3.37. The summed E-state index contributed by atoms with van der Waals surface area (Å²) >= 11 is 0. The van der Waals surface area contributed by atoms with E-state index < -0.39 is 11.9 Å². The summed E-state index contributed by atoms with van der Waals surface area (Å²) in [7, 11) is 0. The smallest absolute Gasteiger partial charge is 0.304 e. The molecule has 0 bridgehead atoms. The summed E-state index contributed by atoms with van der Waals surface area (Å²) < 4.78 is 0. The average Bonchev–Trinajstić information content (AvgIpc) is 2.99. The van der Waals surface area contributed by atoms with Gasteiger partial charge in [0.1, 0.15) is 6.54 Å². The molecule has 178 valence electrons. The SMILES string of the molecule is O=C(O)CC1c2ccccc2C(=O)N(CC(=O)N2CCN(c3ccncc3)CC2)c2ccccc21. The fourth-order valence-electron chi connectivity index (χ4n) is 5.00. The zero-order valence-electron chi connectivity index (χ0n) is 19.2. The second-order valence-electron chi connectivity index (χ2n) is 8.76. The molecule has 0 radical (unpaired) electrons. The minimum atomic E-state index is -0.941. The number of nitrogens with zero attached hydrogens (tertiary/aromatic N) is 4. The van der Waals surface area contributed by atoms with Crippen molar-refractivity contribution < 1.29 is 19.5 Å². The van der Waals surface area contributed by atoms with E-state index in [-0.39, 0.29) is 24.8 Å². The molecule has 1 atom stereocenters. The molecular formula is C27H26N4O4. The predicted molar refractivity (Wildman–Crippen MR) is 132 cm³/mol. The van der Waals surface area contributed by atoms with E-state index in [0.29, 0.717) is 43.0 Å². The number of benzene rings is 2. The quantitative estimate of drug-likeness (QED) is 0.616. The number of fused-ring (bicyclic) bond motifs is 2. The summed E-state index contributed by atoms with van der Waals surface area (Å²) in [5, 5.41) is 9.59. The molecule has 0 saturated carbocycles. The number of para-hydroxylation sites is 1. The number of hydrogen-bond acceptors (Lipinski definition) is 5. The third-order valence-corrected chi connectivity index (χ3v) is 6.75. The van der Waals surface area contributed by atoms with E-state index >= 15 is 0 Å². The molecule has 0 aliphatic carbocycles. The van der Waals surface area contributed by atoms with E-state index in [1.807, 2.05) is 36.4 Å². The van der Waals surface area contributed by atoms with Gasteiger partial charge in [-0.25, -0.2) is 0 Å². The van der Waals surface area contributed by atoms with Gasteiger partial charge in [-0.3, -0.25) is 24.3 Å². The van der Waals surface area contributed by atoms with Crippen LogP contribution in [0.4, 0.5) is 11.4 Å². The highest BCUT2D eigenvalue weighted by molar-refractivity contribution is 6.11. The van der Waals surface area contributed by atoms with Gasteiger partial charge in [-0.1, -0.05) is 36.4 Å². The van der Waals surface area contributed by atoms with Crippen LogP contribution in [0.3, 0.4) is 0 Å². The number of piperazine rings is 1. The number of rotatable bonds is 5. The molecule has 3 heterocycles. The minimum absolute atomic E-state index is 0.0980. The van der Waals surface area contributed by atoms with Crippen LogP contribution in [0, 0.1) is 0 Å². The van der Waals surface area contributed by atoms with Gasteiger partial charge in [0.2, 0.25) is 5.91 Å². The van der Waals surface area contributed by atoms with Gasteiger partial charge < -0.3 is 14.9 Å². The first kappa shape index (κ1) is 22.6. The van der Waals surface area contributed by atoms with E-state index in [1.54, 1.807) is 41.6 Å². The molecule has 1 N–H and O–H groups in total. The normalized spacial score (nSPS) is 17.4. The topological polar surface area (TPSA) is 94.0 Å². The monoisotopic (exact) mass is 470 g/mol. The Labute approximate surface area is 203 Å². The van der Waals surface area contributed by atoms with Crippen molar-refractivity contribution in [1.82, 2.24) is 9.88 Å². The van der Waals surface area contributed by atoms with E-state index in [0.717, 1.165) is 11.3 Å². The molecule has 3 aromatic rings. The summed E-state index contributed by atoms with van der Waals surface area (Å²) in [4.78, 5) is 48.3. The highest BCUT2D eigenvalue weighted by Crippen LogP contribution is 2.40. The van der Waals surface area contributed by atoms with Crippen LogP contribution < -0.4 is 9.80 Å². The van der Waals surface area contributed by atoms with E-state index in [2.05, 4.69) is 9.88 Å². The van der Waals surface area contributed by atoms with E-state index in [9.17, 15) is 19.5 Å². The lowest BCUT2D eigenvalue weighted by atomic mass is 9.86. The molecule has 1 unspecified atom stereocenters. The Hall–Kier alpha value is -4.20. The molecule has 2 aliphatic heterocycles. The molecular weight excluding hydrogens is 444 g/mol. The molecule has 0 spiro atoms. The number of hydrogen-bond donors (Lipinski definition) is 1. The average molecular weight is 471 g/mol. The molecule has 2 aromatic carbocycles. The fourth-order valence-corrected chi connectivity index (χ4v) is 5.00. The highest BCUT2D eigenvalue weighted by atomic mass is 16.4. The maximum absolute atomic E-state index is 13.7. The number of carbonyl (C=O) groups excluding carboxylic acids is 2. The lowest BCUT2D eigenvalue weighted by molar-refractivity contribution is -0.137. The van der Waals surface area contributed by atoms with Gasteiger partial charge in [-0.05, 0) is 35.4 Å². The number of anilines is 2. The number of pyridine rings is 1. The largest absolute Gasteiger partial charge is 0.481 e. The van der Waals surface area contributed by atoms with Gasteiger partial charge in [-0.15, -0.1) is 0 Å². The zero-order chi connectivity index (χ0) is 24.4. The Kier molecular flexibility index (Phi) is 6.18. The van der Waals surface area contributed by atoms with Crippen LogP contribution >= 0.6 is 0 Å². The Morgan fingerprint density at radius 2 is 1.54 bits per heavy atom. The van der Waals surface area contributed by atoms with Crippen LogP contribution in [0.25, 0.3) is 0 Å². The van der Waals surface area contributed by atoms with Crippen LogP contribution in [0.5, 0.6) is 0 Å². The second kappa shape index (κ2) is 9.58. The van der Waals surface area contributed by atoms with E-state index in [4.69, 9.17) is 0 Å². The zero-order valence-corrected chi connectivity index (χ0v) is 19.2. The Morgan fingerprint density at radius 3 is 2.26 bits per heavy atom. The van der Waals surface area contributed by atoms with Crippen molar-refractivity contribution >= 4 is 29.2 Å². The van der Waals surface area contributed by atoms with Crippen molar-refractivity contribution in [3.05, 3.63) is 89.7 Å². The van der Waals surface area contributed by atoms with Crippen LogP contribution in [-0.4, -0.2) is 65.5 Å². The lowest BCUT2D eigenvalue weighted by Crippen LogP contribution is -2.52. The van der Waals surface area contributed by atoms with Gasteiger partial charge in [0, 0.05) is 61.4 Å². The van der Waals surface area contributed by atoms with Crippen molar-refractivity contribution in [2.24, 2.45) is 0 Å². The molecule has 5 rings (SSSR count). The second-order valence-corrected chi connectivity index (χ2v) is 8.76. The van der Waals surface area contributed by atoms with Crippen LogP contribution in [-0.2, 0) is 9.59 Å². The van der Waals surface area contributed by atoms with Gasteiger partial charge >= 0.3 is 5.97 Å². The summed E-state index contributed by atoms with van der Waals surface area (Å²) in [6, 6.07) is 18.3. The van der Waals surface area contributed by atoms with Gasteiger partial charge in [0.25, 0.3) is 5.91 Å². The first-order chi connectivity index (χ1) is 17.0. The number of amides is 2. The summed E-state index contributed by atoms with van der Waals surface area (Å²) in [5.41, 5.74) is 3.51. The Bertz CT molecular complexity index is 1250. The third kappa shape index (κ3) is 4.47. The molecule has 1 saturated heterocycles. The Balaban J connectivity index is 1.41. The number of aromatic nitrogens is 1. The maximum atomic E-state index is 13.7. The molecule has 8 nitrogen and oxygen atoms in total. The van der Waals surface area contributed by atoms with Crippen molar-refractivity contribution in [2.75, 3.05) is 42.5 Å². The van der Waals surface area contributed by atoms with Gasteiger partial charge in [0.05, 0.1) is 6.42 Å². The maximum Gasteiger partial charge on any atom is 0.304 e. The number of carboxylic acids is 1. The lowest BCUT2D eigenvalue weighted by Gasteiger charge is -2.37. The fraction of sp³-hybridized carbons (Fsp3) is 0.259. The highest BCUT2D eigenvalue weighted by Gasteiger charge is 2.35. The molecule has 1 fully saturated rings. The summed E-state index contributed by atoms with van der Waals surface area (Å²) in [6.45, 7) is 2.42. The van der Waals surface area contributed by atoms with E-state index in [1.165, 1.54) is 4.90 Å². The van der Waals surface area contributed by atoms with Crippen molar-refractivity contribution in [1.29, 1.82) is 0 Å². The van der Waals surface area contributed by atoms with Crippen molar-refractivity contribution in [3.8, 4) is 0 Å². The first-order valence-electron chi connectivity index (χ1n) is 11.7. The predicted octanol–water partition coefficient (Wildman–Crippen LogP) is 3.00. The molecule has 35 heavy (non-hydrogen) atoms. The first-order valence-corrected chi connectivity index (χ1v) is 11.7. The molecule has 1 aromatic heterocycles. The minimum Gasteiger partial charge on any atom is -0.481 e. The standard InChI is InChI=1S/C27H26N4O4/c32-25(30-15-13-29(14-16-30)19-9-11-28-12-10-19)18-31-24-8-4-3-6-21(24)23(17-26(33)34)20-5-1-2-7-22(20)27(31)35/h1-12,23H,13-18H2,(H,33,34). The number of carboxylic acid groups (broad SMARTS) is 1. The van der Waals surface area contributed by atoms with Crippen LogP contribution in [0.1, 0.15) is 33.8 Å². The molecule has 2 aliphatic rings. The van der Waals surface area contributed by atoms with Crippen LogP contribution in [0.15, 0.2) is 73.1 Å². The Morgan fingerprint density at radius 1 is 0.886 bits per heavy atom. The molecule has 2 amide bonds.